The number of carboxylic acids is 1. The van der Waals surface area contributed by atoms with Crippen molar-refractivity contribution in [1.29, 1.82) is 0 Å². The molecule has 1 N–H and O–H groups in total. The highest BCUT2D eigenvalue weighted by molar-refractivity contribution is 7.15. The summed E-state index contributed by atoms with van der Waals surface area (Å²) in [6.45, 7) is 4.00. The van der Waals surface area contributed by atoms with Crippen molar-refractivity contribution in [3.63, 3.8) is 0 Å². The summed E-state index contributed by atoms with van der Waals surface area (Å²) < 4.78 is 2.10. The van der Waals surface area contributed by atoms with E-state index >= 15 is 0 Å². The Bertz CT molecular complexity index is 584. The minimum Gasteiger partial charge on any atom is -0.481 e. The van der Waals surface area contributed by atoms with Crippen LogP contribution in [-0.2, 0) is 4.79 Å². The number of carboxylic acid groups (broad SMARTS) is 1. The standard InChI is InChI=1S/C11H12N2O2S/c1-5-4-16-11-12-6(2)9(13(5)11)7-3-8(7)10(14)15/h4,7-8H,3H2,1-2H3,(H,14,15). The van der Waals surface area contributed by atoms with Crippen molar-refractivity contribution in [3.05, 3.63) is 22.5 Å². The first kappa shape index (κ1) is 9.84. The minimum absolute atomic E-state index is 0.154. The molecule has 2 unspecified atom stereocenters. The number of fused-ring (bicyclic) bond motifs is 1. The Labute approximate surface area is 96.5 Å². The quantitative estimate of drug-likeness (QED) is 0.869. The molecule has 16 heavy (non-hydrogen) atoms. The van der Waals surface area contributed by atoms with Gasteiger partial charge in [0.2, 0.25) is 0 Å². The van der Waals surface area contributed by atoms with Gasteiger partial charge in [-0.25, -0.2) is 4.98 Å². The summed E-state index contributed by atoms with van der Waals surface area (Å²) in [5, 5.41) is 11.0. The molecule has 2 aromatic heterocycles. The molecule has 0 amide bonds. The topological polar surface area (TPSA) is 54.6 Å². The molecule has 0 radical (unpaired) electrons. The zero-order valence-corrected chi connectivity index (χ0v) is 9.91. The van der Waals surface area contributed by atoms with Gasteiger partial charge in [-0.2, -0.15) is 0 Å². The predicted octanol–water partition coefficient (Wildman–Crippen LogP) is 2.20. The Morgan fingerprint density at radius 2 is 2.38 bits per heavy atom. The van der Waals surface area contributed by atoms with Crippen molar-refractivity contribution >= 4 is 22.3 Å². The van der Waals surface area contributed by atoms with E-state index in [9.17, 15) is 4.79 Å². The van der Waals surface area contributed by atoms with Crippen LogP contribution in [0.5, 0.6) is 0 Å². The van der Waals surface area contributed by atoms with Gasteiger partial charge in [0.15, 0.2) is 4.96 Å². The lowest BCUT2D eigenvalue weighted by atomic mass is 10.2. The van der Waals surface area contributed by atoms with Crippen LogP contribution < -0.4 is 0 Å². The van der Waals surface area contributed by atoms with Gasteiger partial charge in [-0.05, 0) is 20.3 Å². The summed E-state index contributed by atoms with van der Waals surface area (Å²) >= 11 is 1.61. The fourth-order valence-corrected chi connectivity index (χ4v) is 3.25. The molecule has 1 saturated carbocycles. The fourth-order valence-electron chi connectivity index (χ4n) is 2.33. The van der Waals surface area contributed by atoms with Gasteiger partial charge in [0.25, 0.3) is 0 Å². The van der Waals surface area contributed by atoms with Crippen molar-refractivity contribution < 1.29 is 9.90 Å². The van der Waals surface area contributed by atoms with Crippen LogP contribution in [0, 0.1) is 19.8 Å². The second-order valence-electron chi connectivity index (χ2n) is 4.36. The summed E-state index contributed by atoms with van der Waals surface area (Å²) in [4.78, 5) is 16.4. The highest BCUT2D eigenvalue weighted by atomic mass is 32.1. The van der Waals surface area contributed by atoms with Gasteiger partial charge in [-0.3, -0.25) is 9.20 Å². The molecule has 1 fully saturated rings. The van der Waals surface area contributed by atoms with E-state index in [4.69, 9.17) is 5.11 Å². The van der Waals surface area contributed by atoms with Crippen molar-refractivity contribution in [2.24, 2.45) is 5.92 Å². The van der Waals surface area contributed by atoms with Crippen LogP contribution in [0.2, 0.25) is 0 Å². The molecule has 0 spiro atoms. The summed E-state index contributed by atoms with van der Waals surface area (Å²) in [6.07, 6.45) is 0.749. The summed E-state index contributed by atoms with van der Waals surface area (Å²) in [5.41, 5.74) is 3.22. The molecule has 2 atom stereocenters. The normalized spacial score (nSPS) is 23.9. The molecule has 0 bridgehead atoms. The number of hydrogen-bond donors (Lipinski definition) is 1. The third kappa shape index (κ3) is 1.21. The molecular weight excluding hydrogens is 224 g/mol. The number of aliphatic carboxylic acids is 1. The average Bonchev–Trinajstić information content (AvgIpc) is 2.83. The van der Waals surface area contributed by atoms with Crippen LogP contribution in [0.4, 0.5) is 0 Å². The van der Waals surface area contributed by atoms with Gasteiger partial charge in [-0.15, -0.1) is 11.3 Å². The lowest BCUT2D eigenvalue weighted by Crippen LogP contribution is -2.01. The molecule has 1 aliphatic rings. The van der Waals surface area contributed by atoms with E-state index in [1.807, 2.05) is 13.8 Å². The van der Waals surface area contributed by atoms with E-state index in [2.05, 4.69) is 14.8 Å². The molecule has 5 heteroatoms. The zero-order valence-electron chi connectivity index (χ0n) is 9.10. The van der Waals surface area contributed by atoms with Crippen LogP contribution in [0.15, 0.2) is 5.38 Å². The largest absolute Gasteiger partial charge is 0.481 e. The van der Waals surface area contributed by atoms with Crippen molar-refractivity contribution in [1.82, 2.24) is 9.38 Å². The number of thiazole rings is 1. The molecule has 84 valence electrons. The molecule has 0 aromatic carbocycles. The highest BCUT2D eigenvalue weighted by Crippen LogP contribution is 2.49. The molecule has 4 nitrogen and oxygen atoms in total. The van der Waals surface area contributed by atoms with Crippen molar-refractivity contribution in [2.45, 2.75) is 26.2 Å². The molecule has 2 aromatic rings. The predicted molar refractivity (Wildman–Crippen MR) is 61.0 cm³/mol. The number of imidazole rings is 1. The van der Waals surface area contributed by atoms with E-state index in [-0.39, 0.29) is 11.8 Å². The second-order valence-corrected chi connectivity index (χ2v) is 5.20. The van der Waals surface area contributed by atoms with E-state index in [0.29, 0.717) is 0 Å². The molecule has 3 rings (SSSR count). The lowest BCUT2D eigenvalue weighted by molar-refractivity contribution is -0.138. The summed E-state index contributed by atoms with van der Waals surface area (Å²) in [7, 11) is 0. The van der Waals surface area contributed by atoms with Crippen molar-refractivity contribution in [3.8, 4) is 0 Å². The maximum atomic E-state index is 10.9. The van der Waals surface area contributed by atoms with Crippen LogP contribution in [0.25, 0.3) is 4.96 Å². The second kappa shape index (κ2) is 3.07. The average molecular weight is 236 g/mol. The van der Waals surface area contributed by atoms with E-state index in [1.165, 1.54) is 0 Å². The maximum Gasteiger partial charge on any atom is 0.307 e. The van der Waals surface area contributed by atoms with E-state index in [1.54, 1.807) is 11.3 Å². The highest BCUT2D eigenvalue weighted by Gasteiger charge is 2.47. The van der Waals surface area contributed by atoms with Gasteiger partial charge in [0.1, 0.15) is 0 Å². The lowest BCUT2D eigenvalue weighted by Gasteiger charge is -2.00. The summed E-state index contributed by atoms with van der Waals surface area (Å²) in [5.74, 6) is -0.745. The Kier molecular flexibility index (Phi) is 1.89. The Balaban J connectivity index is 2.13. The number of aromatic nitrogens is 2. The number of rotatable bonds is 2. The van der Waals surface area contributed by atoms with Gasteiger partial charge in [-0.1, -0.05) is 0 Å². The first-order chi connectivity index (χ1) is 7.59. The van der Waals surface area contributed by atoms with Crippen LogP contribution in [-0.4, -0.2) is 20.5 Å². The Morgan fingerprint density at radius 3 is 3.00 bits per heavy atom. The smallest absolute Gasteiger partial charge is 0.307 e. The zero-order chi connectivity index (χ0) is 11.4. The van der Waals surface area contributed by atoms with E-state index in [0.717, 1.165) is 28.5 Å². The SMILES string of the molecule is Cc1nc2scc(C)n2c1C1CC1C(=O)O. The Morgan fingerprint density at radius 1 is 1.62 bits per heavy atom. The number of nitrogens with zero attached hydrogens (tertiary/aromatic N) is 2. The molecule has 1 aliphatic carbocycles. The first-order valence-electron chi connectivity index (χ1n) is 5.25. The van der Waals surface area contributed by atoms with E-state index < -0.39 is 5.97 Å². The van der Waals surface area contributed by atoms with Gasteiger partial charge in [0, 0.05) is 17.0 Å². The Hall–Kier alpha value is -1.36. The minimum atomic E-state index is -0.688. The molecular formula is C11H12N2O2S. The number of hydrogen-bond acceptors (Lipinski definition) is 3. The van der Waals surface area contributed by atoms with Crippen LogP contribution in [0.1, 0.15) is 29.4 Å². The van der Waals surface area contributed by atoms with Gasteiger partial charge >= 0.3 is 5.97 Å². The molecule has 0 aliphatic heterocycles. The fraction of sp³-hybridized carbons (Fsp3) is 0.455. The van der Waals surface area contributed by atoms with Gasteiger partial charge in [0.05, 0.1) is 17.3 Å². The number of aryl methyl sites for hydroxylation is 2. The summed E-state index contributed by atoms with van der Waals surface area (Å²) in [6, 6.07) is 0. The third-order valence-electron chi connectivity index (χ3n) is 3.21. The van der Waals surface area contributed by atoms with Crippen LogP contribution in [0.3, 0.4) is 0 Å². The third-order valence-corrected chi connectivity index (χ3v) is 4.16. The van der Waals surface area contributed by atoms with Crippen molar-refractivity contribution in [2.75, 3.05) is 0 Å². The monoisotopic (exact) mass is 236 g/mol. The van der Waals surface area contributed by atoms with Crippen LogP contribution >= 0.6 is 11.3 Å². The molecule has 0 saturated heterocycles. The van der Waals surface area contributed by atoms with Gasteiger partial charge < -0.3 is 5.11 Å². The number of carbonyl (C=O) groups is 1. The first-order valence-corrected chi connectivity index (χ1v) is 6.13. The maximum absolute atomic E-state index is 10.9. The molecule has 2 heterocycles.